The molecule has 0 bridgehead atoms. The van der Waals surface area contributed by atoms with Crippen molar-refractivity contribution in [1.82, 2.24) is 10.4 Å². The summed E-state index contributed by atoms with van der Waals surface area (Å²) in [5.41, 5.74) is 2.01. The normalized spacial score (nSPS) is 14.3. The van der Waals surface area contributed by atoms with Gasteiger partial charge in [-0.1, -0.05) is 30.0 Å². The van der Waals surface area contributed by atoms with E-state index in [9.17, 15) is 29.8 Å². The van der Waals surface area contributed by atoms with Crippen LogP contribution in [-0.2, 0) is 4.79 Å². The lowest BCUT2D eigenvalue weighted by Gasteiger charge is -2.14. The highest BCUT2D eigenvalue weighted by molar-refractivity contribution is 8.26. The van der Waals surface area contributed by atoms with Crippen LogP contribution in [0.3, 0.4) is 0 Å². The molecule has 2 amide bonds. The molecule has 1 N–H and O–H groups in total. The van der Waals surface area contributed by atoms with Crippen LogP contribution in [-0.4, -0.2) is 31.0 Å². The third kappa shape index (κ3) is 5.34. The lowest BCUT2D eigenvalue weighted by atomic mass is 10.2. The third-order valence-electron chi connectivity index (χ3n) is 4.49. The fourth-order valence-corrected chi connectivity index (χ4v) is 4.72. The van der Waals surface area contributed by atoms with Gasteiger partial charge in [-0.25, -0.2) is 0 Å². The van der Waals surface area contributed by atoms with E-state index < -0.39 is 33.0 Å². The van der Waals surface area contributed by atoms with Crippen molar-refractivity contribution in [3.8, 4) is 11.5 Å². The Morgan fingerprint density at radius 2 is 1.89 bits per heavy atom. The summed E-state index contributed by atoms with van der Waals surface area (Å²) in [6.07, 6.45) is 1.54. The van der Waals surface area contributed by atoms with Crippen molar-refractivity contribution in [2.75, 3.05) is 0 Å². The van der Waals surface area contributed by atoms with Crippen molar-refractivity contribution in [1.29, 1.82) is 0 Å². The number of nitro groups is 2. The molecule has 0 atom stereocenters. The van der Waals surface area contributed by atoms with Crippen LogP contribution in [0.2, 0.25) is 0 Å². The Balaban J connectivity index is 1.54. The lowest BCUT2D eigenvalue weighted by molar-refractivity contribution is -0.394. The van der Waals surface area contributed by atoms with Gasteiger partial charge < -0.3 is 4.74 Å². The first-order valence-electron chi connectivity index (χ1n) is 9.56. The summed E-state index contributed by atoms with van der Waals surface area (Å²) in [5.74, 6) is -0.947. The number of carbonyl (C=O) groups is 2. The van der Waals surface area contributed by atoms with E-state index in [0.717, 1.165) is 35.0 Å². The minimum Gasteiger partial charge on any atom is -0.450 e. The van der Waals surface area contributed by atoms with Crippen LogP contribution in [0.25, 0.3) is 6.08 Å². The second kappa shape index (κ2) is 10.0. The molecule has 2 heterocycles. The summed E-state index contributed by atoms with van der Waals surface area (Å²) in [4.78, 5) is 46.5. The summed E-state index contributed by atoms with van der Waals surface area (Å²) in [5, 5.41) is 25.0. The van der Waals surface area contributed by atoms with Gasteiger partial charge in [0.2, 0.25) is 5.75 Å². The Bertz CT molecular complexity index is 1410. The molecule has 1 aliphatic heterocycles. The van der Waals surface area contributed by atoms with Gasteiger partial charge in [-0.15, -0.1) is 11.3 Å². The zero-order chi connectivity index (χ0) is 25.1. The SMILES string of the molecule is O=C(NN1C(=O)/C(=C\c2cccc(Oc3ccc([N+](=O)[O-])cc3[N+](=O)[O-])c2)SC1=S)c1cccs1. The van der Waals surface area contributed by atoms with Gasteiger partial charge in [0.05, 0.1) is 25.7 Å². The summed E-state index contributed by atoms with van der Waals surface area (Å²) in [6, 6.07) is 12.7. The molecule has 0 saturated carbocycles. The number of hydrazine groups is 1. The topological polar surface area (TPSA) is 145 Å². The van der Waals surface area contributed by atoms with Crippen molar-refractivity contribution in [3.63, 3.8) is 0 Å². The number of benzene rings is 2. The maximum Gasteiger partial charge on any atom is 0.318 e. The first-order chi connectivity index (χ1) is 16.7. The molecule has 176 valence electrons. The predicted octanol–water partition coefficient (Wildman–Crippen LogP) is 4.90. The summed E-state index contributed by atoms with van der Waals surface area (Å²) in [6.45, 7) is 0. The van der Waals surface area contributed by atoms with Gasteiger partial charge in [-0.05, 0) is 53.5 Å². The van der Waals surface area contributed by atoms with E-state index in [-0.39, 0.29) is 20.7 Å². The Hall–Kier alpha value is -4.14. The molecule has 1 aliphatic rings. The second-order valence-electron chi connectivity index (χ2n) is 6.78. The van der Waals surface area contributed by atoms with Crippen LogP contribution in [0.15, 0.2) is 64.9 Å². The average Bonchev–Trinajstić information content (AvgIpc) is 3.44. The first-order valence-corrected chi connectivity index (χ1v) is 11.7. The number of nitro benzene ring substituents is 2. The smallest absolute Gasteiger partial charge is 0.318 e. The van der Waals surface area contributed by atoms with Crippen molar-refractivity contribution >= 4 is 68.9 Å². The van der Waals surface area contributed by atoms with E-state index in [1.54, 1.807) is 29.6 Å². The Morgan fingerprint density at radius 1 is 1.09 bits per heavy atom. The third-order valence-corrected chi connectivity index (χ3v) is 6.66. The number of thiophene rings is 1. The van der Waals surface area contributed by atoms with Crippen molar-refractivity contribution in [2.24, 2.45) is 0 Å². The van der Waals surface area contributed by atoms with Crippen LogP contribution in [0, 0.1) is 20.2 Å². The Labute approximate surface area is 210 Å². The number of nitrogens with one attached hydrogen (secondary N) is 1. The van der Waals surface area contributed by atoms with Crippen LogP contribution in [0.1, 0.15) is 15.2 Å². The fraction of sp³-hybridized carbons (Fsp3) is 0. The number of ether oxygens (including phenoxy) is 1. The van der Waals surface area contributed by atoms with Crippen LogP contribution in [0.4, 0.5) is 11.4 Å². The molecule has 1 aromatic heterocycles. The predicted molar refractivity (Wildman–Crippen MR) is 133 cm³/mol. The van der Waals surface area contributed by atoms with Gasteiger partial charge in [0.25, 0.3) is 17.5 Å². The molecule has 14 heteroatoms. The Kier molecular flexibility index (Phi) is 6.86. The fourth-order valence-electron chi connectivity index (χ4n) is 2.92. The number of hydrogen-bond acceptors (Lipinski definition) is 10. The number of carbonyl (C=O) groups excluding carboxylic acids is 2. The molecule has 3 aromatic rings. The van der Waals surface area contributed by atoms with Crippen molar-refractivity contribution in [2.45, 2.75) is 0 Å². The number of rotatable bonds is 7. The van der Waals surface area contributed by atoms with E-state index in [4.69, 9.17) is 17.0 Å². The van der Waals surface area contributed by atoms with Gasteiger partial charge in [0.15, 0.2) is 4.32 Å². The highest BCUT2D eigenvalue weighted by atomic mass is 32.2. The number of nitrogens with zero attached hydrogens (tertiary/aromatic N) is 3. The van der Waals surface area contributed by atoms with Gasteiger partial charge >= 0.3 is 5.69 Å². The molecule has 35 heavy (non-hydrogen) atoms. The van der Waals surface area contributed by atoms with Crippen molar-refractivity contribution < 1.29 is 24.2 Å². The molecule has 0 unspecified atom stereocenters. The van der Waals surface area contributed by atoms with Gasteiger partial charge in [-0.3, -0.25) is 35.2 Å². The quantitative estimate of drug-likeness (QED) is 0.196. The zero-order valence-corrected chi connectivity index (χ0v) is 19.7. The van der Waals surface area contributed by atoms with E-state index in [0.29, 0.717) is 10.4 Å². The molecule has 0 aliphatic carbocycles. The monoisotopic (exact) mass is 528 g/mol. The lowest BCUT2D eigenvalue weighted by Crippen LogP contribution is -2.44. The summed E-state index contributed by atoms with van der Waals surface area (Å²) >= 11 is 7.44. The first kappa shape index (κ1) is 24.0. The van der Waals surface area contributed by atoms with E-state index in [2.05, 4.69) is 5.43 Å². The van der Waals surface area contributed by atoms with Gasteiger partial charge in [0, 0.05) is 6.07 Å². The second-order valence-corrected chi connectivity index (χ2v) is 9.40. The number of thiocarbonyl (C=S) groups is 1. The van der Waals surface area contributed by atoms with Gasteiger partial charge in [-0.2, -0.15) is 5.01 Å². The minimum atomic E-state index is -0.776. The van der Waals surface area contributed by atoms with Crippen LogP contribution >= 0.6 is 35.3 Å². The number of non-ortho nitro benzene ring substituents is 1. The molecule has 1 fully saturated rings. The van der Waals surface area contributed by atoms with Crippen LogP contribution in [0.5, 0.6) is 11.5 Å². The average molecular weight is 529 g/mol. The standard InChI is InChI=1S/C21H12N4O7S3/c26-19(17-5-2-8-34-17)22-23-20(27)18(35-21(23)33)10-12-3-1-4-14(9-12)32-16-7-6-13(24(28)29)11-15(16)25(30)31/h1-11H,(H,22,26)/b18-10+. The van der Waals surface area contributed by atoms with E-state index in [1.807, 2.05) is 0 Å². The minimum absolute atomic E-state index is 0.153. The summed E-state index contributed by atoms with van der Waals surface area (Å²) < 4.78 is 5.75. The van der Waals surface area contributed by atoms with Gasteiger partial charge in [0.1, 0.15) is 5.75 Å². The molecule has 4 rings (SSSR count). The molecular formula is C21H12N4O7S3. The van der Waals surface area contributed by atoms with E-state index >= 15 is 0 Å². The molecule has 0 radical (unpaired) electrons. The van der Waals surface area contributed by atoms with Crippen molar-refractivity contribution in [3.05, 3.63) is 95.6 Å². The molecule has 2 aromatic carbocycles. The largest absolute Gasteiger partial charge is 0.450 e. The maximum atomic E-state index is 12.8. The molecule has 1 saturated heterocycles. The molecule has 0 spiro atoms. The Morgan fingerprint density at radius 3 is 2.57 bits per heavy atom. The number of thioether (sulfide) groups is 1. The van der Waals surface area contributed by atoms with E-state index in [1.165, 1.54) is 29.5 Å². The van der Waals surface area contributed by atoms with Crippen LogP contribution < -0.4 is 10.2 Å². The highest BCUT2D eigenvalue weighted by Gasteiger charge is 2.34. The highest BCUT2D eigenvalue weighted by Crippen LogP contribution is 2.36. The summed E-state index contributed by atoms with van der Waals surface area (Å²) in [7, 11) is 0. The number of hydrogen-bond donors (Lipinski definition) is 1. The zero-order valence-electron chi connectivity index (χ0n) is 17.3. The number of amides is 2. The molecular weight excluding hydrogens is 516 g/mol. The maximum absolute atomic E-state index is 12.8. The molecule has 11 nitrogen and oxygen atoms in total.